The molecule has 0 spiro atoms. The van der Waals surface area contributed by atoms with Crippen molar-refractivity contribution in [1.82, 2.24) is 24.4 Å². The van der Waals surface area contributed by atoms with Crippen LogP contribution in [-0.2, 0) is 39.5 Å². The topological polar surface area (TPSA) is 160 Å². The second kappa shape index (κ2) is 14.7. The summed E-state index contributed by atoms with van der Waals surface area (Å²) in [5, 5.41) is 22.6. The van der Waals surface area contributed by atoms with Crippen LogP contribution in [-0.4, -0.2) is 79.3 Å². The van der Waals surface area contributed by atoms with E-state index in [1.54, 1.807) is 28.5 Å². The lowest BCUT2D eigenvalue weighted by Gasteiger charge is -2.36. The van der Waals surface area contributed by atoms with Crippen LogP contribution < -0.4 is 15.2 Å². The first kappa shape index (κ1) is 39.0. The number of cyclic esters (lactones) is 1. The van der Waals surface area contributed by atoms with E-state index in [0.29, 0.717) is 66.5 Å². The zero-order valence-electron chi connectivity index (χ0n) is 32.5. The van der Waals surface area contributed by atoms with E-state index >= 15 is 4.39 Å². The van der Waals surface area contributed by atoms with Gasteiger partial charge >= 0.3 is 5.97 Å². The number of aromatic nitrogens is 4. The Kier molecular flexibility index (Phi) is 9.55. The molecule has 0 radical (unpaired) electrons. The third kappa shape index (κ3) is 6.05. The number of hydrogen-bond donors (Lipinski definition) is 2. The molecule has 0 bridgehead atoms. The van der Waals surface area contributed by atoms with Crippen LogP contribution in [0.4, 0.5) is 14.6 Å². The Morgan fingerprint density at radius 1 is 1.02 bits per heavy atom. The molecule has 1 saturated heterocycles. The summed E-state index contributed by atoms with van der Waals surface area (Å²) >= 11 is 6.50. The van der Waals surface area contributed by atoms with Crippen molar-refractivity contribution in [3.63, 3.8) is 0 Å². The van der Waals surface area contributed by atoms with Gasteiger partial charge in [0.15, 0.2) is 11.4 Å². The summed E-state index contributed by atoms with van der Waals surface area (Å²) in [6.45, 7) is 9.00. The number of benzene rings is 3. The molecule has 3 aliphatic rings. The van der Waals surface area contributed by atoms with Gasteiger partial charge in [-0.15, -0.1) is 0 Å². The van der Waals surface area contributed by atoms with E-state index in [1.807, 2.05) is 24.0 Å². The monoisotopic (exact) mass is 834 g/mol. The molecule has 0 saturated carbocycles. The van der Waals surface area contributed by atoms with E-state index in [4.69, 9.17) is 26.1 Å². The number of phenols is 1. The summed E-state index contributed by atoms with van der Waals surface area (Å²) in [4.78, 5) is 56.8. The molecule has 306 valence electrons. The van der Waals surface area contributed by atoms with Gasteiger partial charge in [0.05, 0.1) is 39.6 Å². The minimum atomic E-state index is -1.92. The van der Waals surface area contributed by atoms with Crippen molar-refractivity contribution in [2.75, 3.05) is 37.7 Å². The first-order valence-electron chi connectivity index (χ1n) is 19.4. The van der Waals surface area contributed by atoms with Crippen molar-refractivity contribution in [3.8, 4) is 34.0 Å². The first-order chi connectivity index (χ1) is 28.8. The second-order valence-corrected chi connectivity index (χ2v) is 15.4. The normalized spacial score (nSPS) is 17.1. The van der Waals surface area contributed by atoms with Gasteiger partial charge in [-0.05, 0) is 60.9 Å². The van der Waals surface area contributed by atoms with Gasteiger partial charge in [0.1, 0.15) is 48.2 Å². The standard InChI is InChI=1S/C44H37ClF2N6O7/c1-4-24-25-15-23(9-10-32(25)50-38-27(24)18-53-33(38)17-29-28(42(53)56)20-60-43(57)44(29,58)5-2)59-19-22(3)41(55)52-13-11-51(12-14-52)40-26-16-30(45)35(37(47)39(26)48-21-49-40)36-31(46)7-6-8-34(36)54/h6-10,15-17,21,54,58H,3-5,11-14,18-20H2,1-2H3/t44-/m0/s1. The number of aliphatic hydroxyl groups is 1. The van der Waals surface area contributed by atoms with E-state index in [-0.39, 0.29) is 76.0 Å². The molecular formula is C44H37ClF2N6O7. The van der Waals surface area contributed by atoms with Gasteiger partial charge in [-0.25, -0.2) is 28.5 Å². The van der Waals surface area contributed by atoms with Gasteiger partial charge in [0.25, 0.3) is 11.5 Å². The number of pyridine rings is 2. The Labute approximate surface area is 346 Å². The molecule has 3 aromatic carbocycles. The first-order valence-corrected chi connectivity index (χ1v) is 19.8. The van der Waals surface area contributed by atoms with Gasteiger partial charge < -0.3 is 34.1 Å². The minimum Gasteiger partial charge on any atom is -0.507 e. The molecule has 6 heterocycles. The van der Waals surface area contributed by atoms with Crippen LogP contribution in [0.2, 0.25) is 5.02 Å². The van der Waals surface area contributed by atoms with Crippen molar-refractivity contribution in [1.29, 1.82) is 0 Å². The zero-order chi connectivity index (χ0) is 42.2. The number of aromatic hydroxyl groups is 1. The Balaban J connectivity index is 0.895. The number of fused-ring (bicyclic) bond motifs is 6. The third-order valence-electron chi connectivity index (χ3n) is 11.8. The maximum atomic E-state index is 15.9. The Hall–Kier alpha value is -6.45. The van der Waals surface area contributed by atoms with Crippen molar-refractivity contribution < 1.29 is 38.1 Å². The molecule has 1 amide bonds. The van der Waals surface area contributed by atoms with E-state index in [0.717, 1.165) is 22.6 Å². The molecule has 9 rings (SSSR count). The highest BCUT2D eigenvalue weighted by atomic mass is 35.5. The lowest BCUT2D eigenvalue weighted by molar-refractivity contribution is -0.172. The molecule has 0 unspecified atom stereocenters. The predicted molar refractivity (Wildman–Crippen MR) is 219 cm³/mol. The molecule has 60 heavy (non-hydrogen) atoms. The Morgan fingerprint density at radius 3 is 2.53 bits per heavy atom. The lowest BCUT2D eigenvalue weighted by atomic mass is 9.86. The number of piperazine rings is 1. The van der Waals surface area contributed by atoms with Gasteiger partial charge in [-0.1, -0.05) is 38.1 Å². The molecule has 3 aliphatic heterocycles. The molecular weight excluding hydrogens is 798 g/mol. The number of hydrogen-bond acceptors (Lipinski definition) is 11. The summed E-state index contributed by atoms with van der Waals surface area (Å²) in [5.74, 6) is -2.36. The zero-order valence-corrected chi connectivity index (χ0v) is 33.3. The van der Waals surface area contributed by atoms with Gasteiger partial charge in [0.2, 0.25) is 0 Å². The average molecular weight is 835 g/mol. The minimum absolute atomic E-state index is 0.0506. The SMILES string of the molecule is C=C(COc1ccc2nc3c(c(CC)c2c1)Cn1c-3cc2c(c1=O)COC(=O)[C@]2(O)CC)C(=O)N1CCN(c2ncnc3c(F)c(-c4c(O)cccc4F)c(Cl)cc23)CC1. The smallest absolute Gasteiger partial charge is 0.343 e. The molecule has 16 heteroatoms. The van der Waals surface area contributed by atoms with Crippen LogP contribution in [0.5, 0.6) is 11.5 Å². The van der Waals surface area contributed by atoms with Gasteiger partial charge in [0, 0.05) is 59.2 Å². The fraction of sp³-hybridized carbons (Fsp3) is 0.273. The summed E-state index contributed by atoms with van der Waals surface area (Å²) in [6.07, 6.45) is 1.88. The number of carbonyl (C=O) groups is 2. The molecule has 1 atom stereocenters. The third-order valence-corrected chi connectivity index (χ3v) is 12.1. The molecule has 3 aromatic heterocycles. The number of aryl methyl sites for hydroxylation is 1. The number of ether oxygens (including phenoxy) is 2. The number of anilines is 1. The largest absolute Gasteiger partial charge is 0.507 e. The van der Waals surface area contributed by atoms with Crippen molar-refractivity contribution in [2.24, 2.45) is 0 Å². The summed E-state index contributed by atoms with van der Waals surface area (Å²) in [7, 11) is 0. The average Bonchev–Trinajstić information content (AvgIpc) is 3.62. The van der Waals surface area contributed by atoms with Crippen LogP contribution in [0.3, 0.4) is 0 Å². The predicted octanol–water partition coefficient (Wildman–Crippen LogP) is 6.17. The number of nitrogens with zero attached hydrogens (tertiary/aromatic N) is 6. The Morgan fingerprint density at radius 2 is 1.80 bits per heavy atom. The van der Waals surface area contributed by atoms with Crippen molar-refractivity contribution in [2.45, 2.75) is 45.4 Å². The highest BCUT2D eigenvalue weighted by molar-refractivity contribution is 6.34. The van der Waals surface area contributed by atoms with Gasteiger partial charge in [-0.3, -0.25) is 9.59 Å². The number of esters is 1. The lowest BCUT2D eigenvalue weighted by Crippen LogP contribution is -2.49. The van der Waals surface area contributed by atoms with Crippen LogP contribution in [0.25, 0.3) is 44.3 Å². The number of rotatable bonds is 8. The second-order valence-electron chi connectivity index (χ2n) is 15.0. The van der Waals surface area contributed by atoms with E-state index in [2.05, 4.69) is 16.5 Å². The van der Waals surface area contributed by atoms with E-state index in [9.17, 15) is 29.0 Å². The summed E-state index contributed by atoms with van der Waals surface area (Å²) in [5.41, 5.74) is 1.39. The Bertz CT molecular complexity index is 2890. The van der Waals surface area contributed by atoms with Crippen LogP contribution in [0.1, 0.15) is 42.5 Å². The molecule has 1 fully saturated rings. The number of halogens is 3. The van der Waals surface area contributed by atoms with E-state index in [1.165, 1.54) is 24.5 Å². The van der Waals surface area contributed by atoms with Crippen molar-refractivity contribution in [3.05, 3.63) is 116 Å². The quantitative estimate of drug-likeness (QED) is 0.133. The number of carbonyl (C=O) groups excluding carboxylic acids is 2. The van der Waals surface area contributed by atoms with E-state index < -0.39 is 29.0 Å². The number of amides is 1. The van der Waals surface area contributed by atoms with Gasteiger partial charge in [-0.2, -0.15) is 0 Å². The van der Waals surface area contributed by atoms with Crippen LogP contribution in [0.15, 0.2) is 71.8 Å². The molecule has 6 aromatic rings. The summed E-state index contributed by atoms with van der Waals surface area (Å²) in [6, 6.07) is 12.2. The highest BCUT2D eigenvalue weighted by Crippen LogP contribution is 2.43. The van der Waals surface area contributed by atoms with Crippen LogP contribution >= 0.6 is 11.6 Å². The van der Waals surface area contributed by atoms with Crippen LogP contribution in [0, 0.1) is 11.6 Å². The number of phenolic OH excluding ortho intramolecular Hbond substituents is 1. The fourth-order valence-electron chi connectivity index (χ4n) is 8.57. The highest BCUT2D eigenvalue weighted by Gasteiger charge is 2.45. The maximum absolute atomic E-state index is 15.9. The molecule has 13 nitrogen and oxygen atoms in total. The molecule has 0 aliphatic carbocycles. The maximum Gasteiger partial charge on any atom is 0.343 e. The molecule has 2 N–H and O–H groups in total. The fourth-order valence-corrected chi connectivity index (χ4v) is 8.86. The summed E-state index contributed by atoms with van der Waals surface area (Å²) < 4.78 is 43.5. The van der Waals surface area contributed by atoms with Crippen molar-refractivity contribution >= 4 is 51.1 Å².